The Morgan fingerprint density at radius 2 is 2.07 bits per heavy atom. The number of nitro benzene ring substituents is 1. The van der Waals surface area contributed by atoms with Crippen LogP contribution in [0.25, 0.3) is 0 Å². The third kappa shape index (κ3) is 7.46. The molecule has 1 fully saturated rings. The minimum Gasteiger partial charge on any atom is -0.396 e. The van der Waals surface area contributed by atoms with Crippen LogP contribution >= 0.6 is 24.0 Å². The van der Waals surface area contributed by atoms with Crippen molar-refractivity contribution in [1.29, 1.82) is 0 Å². The molecule has 0 amide bonds. The highest BCUT2D eigenvalue weighted by molar-refractivity contribution is 14.0. The Bertz CT molecular complexity index is 606. The number of aliphatic hydroxyl groups is 1. The lowest BCUT2D eigenvalue weighted by Crippen LogP contribution is -2.45. The number of ether oxygens (including phenoxy) is 1. The van der Waals surface area contributed by atoms with Crippen molar-refractivity contribution in [2.75, 3.05) is 51.8 Å². The summed E-state index contributed by atoms with van der Waals surface area (Å²) < 4.78 is 5.49. The third-order valence-electron chi connectivity index (χ3n) is 4.51. The molecule has 2 rings (SSSR count). The molecule has 1 aliphatic heterocycles. The number of hydrogen-bond donors (Lipinski definition) is 4. The number of hydrogen-bond acceptors (Lipinski definition) is 6. The summed E-state index contributed by atoms with van der Waals surface area (Å²) in [5.41, 5.74) is 0.861. The number of non-ortho nitro benzene ring substituents is 1. The summed E-state index contributed by atoms with van der Waals surface area (Å²) in [6.07, 6.45) is 1.64. The number of guanidine groups is 1. The number of aliphatic hydroxyl groups excluding tert-OH is 1. The van der Waals surface area contributed by atoms with Gasteiger partial charge in [0.15, 0.2) is 5.96 Å². The lowest BCUT2D eigenvalue weighted by molar-refractivity contribution is -0.384. The van der Waals surface area contributed by atoms with E-state index in [1.165, 1.54) is 12.1 Å². The van der Waals surface area contributed by atoms with Crippen LogP contribution in [0, 0.1) is 15.5 Å². The van der Waals surface area contributed by atoms with Crippen molar-refractivity contribution < 1.29 is 14.8 Å². The molecule has 27 heavy (non-hydrogen) atoms. The summed E-state index contributed by atoms with van der Waals surface area (Å²) >= 11 is 0. The minimum absolute atomic E-state index is 0. The lowest BCUT2D eigenvalue weighted by atomic mass is 9.84. The molecule has 0 saturated carbocycles. The molecule has 4 N–H and O–H groups in total. The number of halogens is 1. The zero-order chi connectivity index (χ0) is 18.8. The quantitative estimate of drug-likeness (QED) is 0.103. The minimum atomic E-state index is -0.417. The van der Waals surface area contributed by atoms with E-state index >= 15 is 0 Å². The summed E-state index contributed by atoms with van der Waals surface area (Å²) in [6.45, 7) is 3.51. The third-order valence-corrected chi connectivity index (χ3v) is 4.51. The van der Waals surface area contributed by atoms with E-state index in [0.717, 1.165) is 18.7 Å². The van der Waals surface area contributed by atoms with Crippen molar-refractivity contribution >= 4 is 41.3 Å². The molecule has 1 saturated heterocycles. The number of nitrogens with zero attached hydrogens (tertiary/aromatic N) is 2. The summed E-state index contributed by atoms with van der Waals surface area (Å²) in [4.78, 5) is 14.4. The predicted molar refractivity (Wildman–Crippen MR) is 116 cm³/mol. The zero-order valence-corrected chi connectivity index (χ0v) is 17.8. The number of aliphatic imine (C=N–C) groups is 1. The molecule has 0 radical (unpaired) electrons. The van der Waals surface area contributed by atoms with E-state index in [1.54, 1.807) is 19.2 Å². The molecule has 1 aliphatic rings. The van der Waals surface area contributed by atoms with E-state index in [-0.39, 0.29) is 41.7 Å². The van der Waals surface area contributed by atoms with Gasteiger partial charge in [0.25, 0.3) is 5.69 Å². The molecule has 0 aliphatic carbocycles. The molecule has 0 aromatic heterocycles. The standard InChI is InChI=1S/C17H27N5O4.HI/c1-18-16(21-12-17(6-10-23)7-11-26-13-17)20-9-8-19-14-2-4-15(5-3-14)22(24)25;/h2-5,19,23H,6-13H2,1H3,(H2,18,20,21);1H. The van der Waals surface area contributed by atoms with Crippen LogP contribution in [0.1, 0.15) is 12.8 Å². The molecular formula is C17H28IN5O4. The Morgan fingerprint density at radius 3 is 2.63 bits per heavy atom. The fourth-order valence-electron chi connectivity index (χ4n) is 2.89. The second kappa shape index (κ2) is 11.9. The Kier molecular flexibility index (Phi) is 10.3. The number of nitrogens with one attached hydrogen (secondary N) is 3. The van der Waals surface area contributed by atoms with Gasteiger partial charge in [0, 0.05) is 63.1 Å². The molecule has 0 bridgehead atoms. The topological polar surface area (TPSA) is 121 Å². The van der Waals surface area contributed by atoms with E-state index in [2.05, 4.69) is 20.9 Å². The summed E-state index contributed by atoms with van der Waals surface area (Å²) in [5, 5.41) is 29.6. The number of benzene rings is 1. The van der Waals surface area contributed by atoms with E-state index in [9.17, 15) is 15.2 Å². The fraction of sp³-hybridized carbons (Fsp3) is 0.588. The monoisotopic (exact) mass is 493 g/mol. The average molecular weight is 493 g/mol. The largest absolute Gasteiger partial charge is 0.396 e. The number of rotatable bonds is 9. The Labute approximate surface area is 176 Å². The molecule has 10 heteroatoms. The second-order valence-corrected chi connectivity index (χ2v) is 6.36. The molecule has 1 aromatic rings. The zero-order valence-electron chi connectivity index (χ0n) is 15.4. The van der Waals surface area contributed by atoms with Crippen LogP contribution in [0.15, 0.2) is 29.3 Å². The Hall–Kier alpha value is -1.66. The van der Waals surface area contributed by atoms with E-state index < -0.39 is 4.92 Å². The van der Waals surface area contributed by atoms with Gasteiger partial charge in [-0.15, -0.1) is 24.0 Å². The van der Waals surface area contributed by atoms with Crippen LogP contribution in [0.4, 0.5) is 11.4 Å². The summed E-state index contributed by atoms with van der Waals surface area (Å²) in [6, 6.07) is 6.31. The molecule has 1 aromatic carbocycles. The van der Waals surface area contributed by atoms with Gasteiger partial charge < -0.3 is 25.8 Å². The lowest BCUT2D eigenvalue weighted by Gasteiger charge is -2.27. The highest BCUT2D eigenvalue weighted by Gasteiger charge is 2.34. The van der Waals surface area contributed by atoms with Crippen molar-refractivity contribution in [3.8, 4) is 0 Å². The molecule has 1 atom stereocenters. The number of anilines is 1. The van der Waals surface area contributed by atoms with Gasteiger partial charge in [0.05, 0.1) is 11.5 Å². The van der Waals surface area contributed by atoms with Crippen LogP contribution < -0.4 is 16.0 Å². The first-order valence-electron chi connectivity index (χ1n) is 8.70. The Balaban J connectivity index is 0.00000364. The summed E-state index contributed by atoms with van der Waals surface area (Å²) in [5.74, 6) is 0.694. The average Bonchev–Trinajstić information content (AvgIpc) is 3.10. The normalized spacial score (nSPS) is 19.3. The van der Waals surface area contributed by atoms with Crippen LogP contribution in [0.3, 0.4) is 0 Å². The highest BCUT2D eigenvalue weighted by atomic mass is 127. The maximum atomic E-state index is 10.6. The first kappa shape index (κ1) is 23.4. The first-order chi connectivity index (χ1) is 12.6. The van der Waals surface area contributed by atoms with E-state index in [4.69, 9.17) is 4.74 Å². The van der Waals surface area contributed by atoms with Crippen LogP contribution in [-0.2, 0) is 4.74 Å². The molecule has 1 unspecified atom stereocenters. The van der Waals surface area contributed by atoms with Gasteiger partial charge in [0.2, 0.25) is 0 Å². The van der Waals surface area contributed by atoms with E-state index in [0.29, 0.717) is 38.6 Å². The molecule has 9 nitrogen and oxygen atoms in total. The summed E-state index contributed by atoms with van der Waals surface area (Å²) in [7, 11) is 1.71. The highest BCUT2D eigenvalue weighted by Crippen LogP contribution is 2.31. The Morgan fingerprint density at radius 1 is 1.33 bits per heavy atom. The molecule has 1 heterocycles. The van der Waals surface area contributed by atoms with Crippen molar-refractivity contribution in [2.45, 2.75) is 12.8 Å². The van der Waals surface area contributed by atoms with Gasteiger partial charge >= 0.3 is 0 Å². The van der Waals surface area contributed by atoms with Crippen molar-refractivity contribution in [3.05, 3.63) is 34.4 Å². The number of nitro groups is 1. The van der Waals surface area contributed by atoms with Gasteiger partial charge in [-0.1, -0.05) is 0 Å². The van der Waals surface area contributed by atoms with Crippen molar-refractivity contribution in [1.82, 2.24) is 10.6 Å². The van der Waals surface area contributed by atoms with Crippen molar-refractivity contribution in [2.24, 2.45) is 10.4 Å². The predicted octanol–water partition coefficient (Wildman–Crippen LogP) is 1.58. The molecule has 152 valence electrons. The van der Waals surface area contributed by atoms with Gasteiger partial charge in [-0.2, -0.15) is 0 Å². The molecule has 0 spiro atoms. The smallest absolute Gasteiger partial charge is 0.269 e. The van der Waals surface area contributed by atoms with Crippen molar-refractivity contribution in [3.63, 3.8) is 0 Å². The van der Waals surface area contributed by atoms with Gasteiger partial charge in [-0.3, -0.25) is 15.1 Å². The van der Waals surface area contributed by atoms with E-state index in [1.807, 2.05) is 0 Å². The van der Waals surface area contributed by atoms with Gasteiger partial charge in [0.1, 0.15) is 0 Å². The van der Waals surface area contributed by atoms with Gasteiger partial charge in [-0.25, -0.2) is 0 Å². The first-order valence-corrected chi connectivity index (χ1v) is 8.70. The maximum absolute atomic E-state index is 10.6. The maximum Gasteiger partial charge on any atom is 0.269 e. The SMILES string of the molecule is CN=C(NCCNc1ccc([N+](=O)[O-])cc1)NCC1(CCO)CCOC1.I. The van der Waals surface area contributed by atoms with Crippen LogP contribution in [-0.4, -0.2) is 62.5 Å². The molecular weight excluding hydrogens is 465 g/mol. The van der Waals surface area contributed by atoms with Crippen LogP contribution in [0.5, 0.6) is 0 Å². The fourth-order valence-corrected chi connectivity index (χ4v) is 2.89. The van der Waals surface area contributed by atoms with Crippen LogP contribution in [0.2, 0.25) is 0 Å². The second-order valence-electron chi connectivity index (χ2n) is 6.36. The van der Waals surface area contributed by atoms with Gasteiger partial charge in [-0.05, 0) is 25.0 Å².